The number of thiophene rings is 1. The van der Waals surface area contributed by atoms with Gasteiger partial charge in [0.15, 0.2) is 0 Å². The highest BCUT2D eigenvalue weighted by atomic mass is 32.1. The summed E-state index contributed by atoms with van der Waals surface area (Å²) in [5.74, 6) is 0. The lowest BCUT2D eigenvalue weighted by Gasteiger charge is -2.37. The molecule has 1 aliphatic rings. The van der Waals surface area contributed by atoms with Crippen LogP contribution in [0.4, 0.5) is 0 Å². The fourth-order valence-corrected chi connectivity index (χ4v) is 3.22. The Kier molecular flexibility index (Phi) is 4.38. The predicted octanol–water partition coefficient (Wildman–Crippen LogP) is 2.36. The van der Waals surface area contributed by atoms with Crippen LogP contribution in [0.3, 0.4) is 0 Å². The van der Waals surface area contributed by atoms with Crippen LogP contribution < -0.4 is 5.32 Å². The molecule has 0 spiro atoms. The van der Waals surface area contributed by atoms with E-state index >= 15 is 0 Å². The second-order valence-electron chi connectivity index (χ2n) is 4.72. The summed E-state index contributed by atoms with van der Waals surface area (Å²) in [5, 5.41) is 5.57. The van der Waals surface area contributed by atoms with E-state index in [1.54, 1.807) is 0 Å². The Bertz CT molecular complexity index is 297. The van der Waals surface area contributed by atoms with E-state index in [4.69, 9.17) is 0 Å². The van der Waals surface area contributed by atoms with E-state index in [0.717, 1.165) is 12.1 Å². The van der Waals surface area contributed by atoms with Crippen molar-refractivity contribution >= 4 is 11.3 Å². The molecule has 0 saturated carbocycles. The van der Waals surface area contributed by atoms with Gasteiger partial charge < -0.3 is 10.2 Å². The highest BCUT2D eigenvalue weighted by Crippen LogP contribution is 2.18. The van der Waals surface area contributed by atoms with Crippen molar-refractivity contribution in [3.63, 3.8) is 0 Å². The van der Waals surface area contributed by atoms with Gasteiger partial charge in [-0.3, -0.25) is 0 Å². The molecule has 0 aliphatic carbocycles. The van der Waals surface area contributed by atoms with Crippen molar-refractivity contribution in [3.05, 3.63) is 22.4 Å². The van der Waals surface area contributed by atoms with E-state index in [1.807, 2.05) is 11.3 Å². The second-order valence-corrected chi connectivity index (χ2v) is 5.76. The standard InChI is InChI=1S/C13H22N2S/c1-11-10-12(14-2)5-7-15(11)8-6-13-4-3-9-16-13/h3-4,9,11-12,14H,5-8,10H2,1-2H3. The third-order valence-corrected chi connectivity index (χ3v) is 4.58. The molecule has 1 aromatic rings. The minimum atomic E-state index is 0.728. The van der Waals surface area contributed by atoms with E-state index in [9.17, 15) is 0 Å². The normalized spacial score (nSPS) is 27.1. The van der Waals surface area contributed by atoms with Gasteiger partial charge in [-0.25, -0.2) is 0 Å². The lowest BCUT2D eigenvalue weighted by atomic mass is 9.98. The number of piperidine rings is 1. The van der Waals surface area contributed by atoms with Crippen LogP contribution in [0.25, 0.3) is 0 Å². The van der Waals surface area contributed by atoms with E-state index in [-0.39, 0.29) is 0 Å². The molecule has 3 heteroatoms. The maximum Gasteiger partial charge on any atom is 0.00910 e. The number of nitrogens with one attached hydrogen (secondary N) is 1. The molecule has 90 valence electrons. The summed E-state index contributed by atoms with van der Waals surface area (Å²) in [7, 11) is 2.08. The molecule has 2 nitrogen and oxygen atoms in total. The van der Waals surface area contributed by atoms with Gasteiger partial charge in [-0.2, -0.15) is 0 Å². The van der Waals surface area contributed by atoms with Gasteiger partial charge in [0, 0.05) is 23.5 Å². The lowest BCUT2D eigenvalue weighted by Crippen LogP contribution is -2.47. The molecule has 1 saturated heterocycles. The van der Waals surface area contributed by atoms with Gasteiger partial charge in [-0.1, -0.05) is 6.07 Å². The van der Waals surface area contributed by atoms with Crippen molar-refractivity contribution in [2.75, 3.05) is 20.1 Å². The molecule has 0 radical (unpaired) electrons. The molecular formula is C13H22N2S. The first-order chi connectivity index (χ1) is 7.79. The van der Waals surface area contributed by atoms with Crippen molar-refractivity contribution in [2.24, 2.45) is 0 Å². The highest BCUT2D eigenvalue weighted by Gasteiger charge is 2.23. The maximum absolute atomic E-state index is 3.40. The minimum Gasteiger partial charge on any atom is -0.317 e. The van der Waals surface area contributed by atoms with Gasteiger partial charge in [0.2, 0.25) is 0 Å². The molecule has 1 aliphatic heterocycles. The monoisotopic (exact) mass is 238 g/mol. The molecule has 2 atom stereocenters. The lowest BCUT2D eigenvalue weighted by molar-refractivity contribution is 0.141. The van der Waals surface area contributed by atoms with Crippen LogP contribution in [0.5, 0.6) is 0 Å². The zero-order valence-corrected chi connectivity index (χ0v) is 11.1. The fraction of sp³-hybridized carbons (Fsp3) is 0.692. The Morgan fingerprint density at radius 1 is 1.56 bits per heavy atom. The zero-order chi connectivity index (χ0) is 11.4. The van der Waals surface area contributed by atoms with Crippen molar-refractivity contribution in [1.29, 1.82) is 0 Å². The van der Waals surface area contributed by atoms with Crippen molar-refractivity contribution in [2.45, 2.75) is 38.3 Å². The van der Waals surface area contributed by atoms with E-state index in [0.29, 0.717) is 0 Å². The molecular weight excluding hydrogens is 216 g/mol. The minimum absolute atomic E-state index is 0.728. The molecule has 16 heavy (non-hydrogen) atoms. The number of likely N-dealkylation sites (tertiary alicyclic amines) is 1. The Balaban J connectivity index is 1.78. The van der Waals surface area contributed by atoms with Crippen molar-refractivity contribution in [3.8, 4) is 0 Å². The quantitative estimate of drug-likeness (QED) is 0.866. The van der Waals surface area contributed by atoms with Gasteiger partial charge in [-0.15, -0.1) is 11.3 Å². The predicted molar refractivity (Wildman–Crippen MR) is 71.1 cm³/mol. The number of rotatable bonds is 4. The molecule has 2 heterocycles. The molecule has 1 fully saturated rings. The van der Waals surface area contributed by atoms with Gasteiger partial charge >= 0.3 is 0 Å². The molecule has 0 amide bonds. The summed E-state index contributed by atoms with van der Waals surface area (Å²) in [6.07, 6.45) is 3.80. The molecule has 0 bridgehead atoms. The maximum atomic E-state index is 3.40. The third kappa shape index (κ3) is 3.06. The Morgan fingerprint density at radius 2 is 2.44 bits per heavy atom. The van der Waals surface area contributed by atoms with Crippen LogP contribution in [-0.4, -0.2) is 37.1 Å². The number of hydrogen-bond donors (Lipinski definition) is 1. The van der Waals surface area contributed by atoms with Crippen LogP contribution >= 0.6 is 11.3 Å². The van der Waals surface area contributed by atoms with E-state index in [1.165, 1.54) is 37.2 Å². The van der Waals surface area contributed by atoms with Gasteiger partial charge in [0.25, 0.3) is 0 Å². The number of hydrogen-bond acceptors (Lipinski definition) is 3. The largest absolute Gasteiger partial charge is 0.317 e. The average Bonchev–Trinajstić information content (AvgIpc) is 2.80. The molecule has 2 unspecified atom stereocenters. The average molecular weight is 238 g/mol. The van der Waals surface area contributed by atoms with Crippen molar-refractivity contribution in [1.82, 2.24) is 10.2 Å². The Hall–Kier alpha value is -0.380. The summed E-state index contributed by atoms with van der Waals surface area (Å²) >= 11 is 1.88. The molecule has 1 N–H and O–H groups in total. The summed E-state index contributed by atoms with van der Waals surface area (Å²) in [6.45, 7) is 4.83. The van der Waals surface area contributed by atoms with E-state index < -0.39 is 0 Å². The summed E-state index contributed by atoms with van der Waals surface area (Å²) < 4.78 is 0. The summed E-state index contributed by atoms with van der Waals surface area (Å²) in [5.41, 5.74) is 0. The first-order valence-electron chi connectivity index (χ1n) is 6.23. The first kappa shape index (κ1) is 12.1. The fourth-order valence-electron chi connectivity index (χ4n) is 2.52. The second kappa shape index (κ2) is 5.80. The molecule has 1 aromatic heterocycles. The van der Waals surface area contributed by atoms with Crippen LogP contribution in [0.15, 0.2) is 17.5 Å². The van der Waals surface area contributed by atoms with Crippen LogP contribution in [-0.2, 0) is 6.42 Å². The smallest absolute Gasteiger partial charge is 0.00910 e. The van der Waals surface area contributed by atoms with Crippen LogP contribution in [0.1, 0.15) is 24.6 Å². The van der Waals surface area contributed by atoms with Gasteiger partial charge in [0.05, 0.1) is 0 Å². The highest BCUT2D eigenvalue weighted by molar-refractivity contribution is 7.09. The van der Waals surface area contributed by atoms with Gasteiger partial charge in [0.1, 0.15) is 0 Å². The third-order valence-electron chi connectivity index (χ3n) is 3.65. The topological polar surface area (TPSA) is 15.3 Å². The van der Waals surface area contributed by atoms with Crippen molar-refractivity contribution < 1.29 is 0 Å². The SMILES string of the molecule is CNC1CCN(CCc2cccs2)C(C)C1. The van der Waals surface area contributed by atoms with Crippen LogP contribution in [0.2, 0.25) is 0 Å². The van der Waals surface area contributed by atoms with Crippen LogP contribution in [0, 0.1) is 0 Å². The Labute approximate surface area is 103 Å². The zero-order valence-electron chi connectivity index (χ0n) is 10.3. The summed E-state index contributed by atoms with van der Waals surface area (Å²) in [4.78, 5) is 4.15. The molecule has 2 rings (SSSR count). The summed E-state index contributed by atoms with van der Waals surface area (Å²) in [6, 6.07) is 5.85. The van der Waals surface area contributed by atoms with Gasteiger partial charge in [-0.05, 0) is 51.2 Å². The Morgan fingerprint density at radius 3 is 3.06 bits per heavy atom. The van der Waals surface area contributed by atoms with E-state index in [2.05, 4.69) is 41.7 Å². The number of nitrogens with zero attached hydrogens (tertiary/aromatic N) is 1. The molecule has 0 aromatic carbocycles. The first-order valence-corrected chi connectivity index (χ1v) is 7.11.